The predicted molar refractivity (Wildman–Crippen MR) is 81.0 cm³/mol. The lowest BCUT2D eigenvalue weighted by Gasteiger charge is -2.41. The molecule has 0 aliphatic heterocycles. The zero-order valence-electron chi connectivity index (χ0n) is 12.4. The molecule has 1 aromatic carbocycles. The van der Waals surface area contributed by atoms with Gasteiger partial charge in [-0.2, -0.15) is 0 Å². The molecular weight excluding hydrogens is 244 g/mol. The molecule has 1 spiro atoms. The van der Waals surface area contributed by atoms with Gasteiger partial charge in [0, 0.05) is 18.3 Å². The number of hydrogen-bond acceptors (Lipinski definition) is 1. The van der Waals surface area contributed by atoms with Crippen LogP contribution in [0.15, 0.2) is 29.8 Å². The molecule has 104 valence electrons. The Hall–Kier alpha value is -1.37. The number of Topliss-reactive ketones (excluding diaryl/α,β-unsaturated/α-hetero) is 1. The number of rotatable bonds is 1. The SMILES string of the molecule is CC(C)c1ccc2c(c1)CC(=O)CC21CC2=CCC1C2. The van der Waals surface area contributed by atoms with Gasteiger partial charge in [0.15, 0.2) is 0 Å². The zero-order chi connectivity index (χ0) is 13.9. The van der Waals surface area contributed by atoms with E-state index in [9.17, 15) is 4.79 Å². The standard InChI is InChI=1S/C19H22O/c1-12(2)14-4-6-18-15(8-14)9-17(20)11-19(18)10-13-3-5-16(19)7-13/h3-4,6,8,12,16H,5,7,9-11H2,1-2H3. The maximum Gasteiger partial charge on any atom is 0.138 e. The number of hydrogen-bond donors (Lipinski definition) is 0. The third kappa shape index (κ3) is 1.58. The van der Waals surface area contributed by atoms with E-state index >= 15 is 0 Å². The summed E-state index contributed by atoms with van der Waals surface area (Å²) >= 11 is 0. The van der Waals surface area contributed by atoms with Crippen LogP contribution in [-0.2, 0) is 16.6 Å². The van der Waals surface area contributed by atoms with Crippen molar-refractivity contribution in [2.45, 2.75) is 57.3 Å². The zero-order valence-corrected chi connectivity index (χ0v) is 12.4. The number of fused-ring (bicyclic) bond motifs is 5. The lowest BCUT2D eigenvalue weighted by Crippen LogP contribution is -2.39. The molecule has 0 N–H and O–H groups in total. The first kappa shape index (κ1) is 12.4. The minimum Gasteiger partial charge on any atom is -0.299 e. The minimum absolute atomic E-state index is 0.157. The highest BCUT2D eigenvalue weighted by molar-refractivity contribution is 5.85. The summed E-state index contributed by atoms with van der Waals surface area (Å²) in [7, 11) is 0. The maximum atomic E-state index is 12.3. The summed E-state index contributed by atoms with van der Waals surface area (Å²) in [6, 6.07) is 6.94. The van der Waals surface area contributed by atoms with Crippen LogP contribution in [0.2, 0.25) is 0 Å². The number of allylic oxidation sites excluding steroid dienone is 2. The molecule has 2 bridgehead atoms. The van der Waals surface area contributed by atoms with E-state index in [1.165, 1.54) is 29.5 Å². The maximum absolute atomic E-state index is 12.3. The van der Waals surface area contributed by atoms with Gasteiger partial charge >= 0.3 is 0 Å². The van der Waals surface area contributed by atoms with Gasteiger partial charge < -0.3 is 0 Å². The van der Waals surface area contributed by atoms with Crippen molar-refractivity contribution in [1.82, 2.24) is 0 Å². The Morgan fingerprint density at radius 3 is 2.75 bits per heavy atom. The number of carbonyl (C=O) groups excluding carboxylic acids is 1. The highest BCUT2D eigenvalue weighted by atomic mass is 16.1. The van der Waals surface area contributed by atoms with Gasteiger partial charge in [-0.3, -0.25) is 4.79 Å². The average Bonchev–Trinajstić information content (AvgIpc) is 2.98. The highest BCUT2D eigenvalue weighted by Crippen LogP contribution is 2.58. The largest absolute Gasteiger partial charge is 0.299 e. The van der Waals surface area contributed by atoms with Crippen molar-refractivity contribution in [2.24, 2.45) is 5.92 Å². The third-order valence-corrected chi connectivity index (χ3v) is 5.76. The molecule has 0 heterocycles. The van der Waals surface area contributed by atoms with Crippen LogP contribution in [0.4, 0.5) is 0 Å². The first-order chi connectivity index (χ1) is 9.58. The van der Waals surface area contributed by atoms with E-state index in [2.05, 4.69) is 38.1 Å². The minimum atomic E-state index is 0.157. The molecule has 20 heavy (non-hydrogen) atoms. The van der Waals surface area contributed by atoms with E-state index < -0.39 is 0 Å². The van der Waals surface area contributed by atoms with Crippen molar-refractivity contribution in [1.29, 1.82) is 0 Å². The topological polar surface area (TPSA) is 17.1 Å². The van der Waals surface area contributed by atoms with Gasteiger partial charge in [0.1, 0.15) is 5.78 Å². The molecule has 1 nitrogen and oxygen atoms in total. The molecule has 2 unspecified atom stereocenters. The van der Waals surface area contributed by atoms with Crippen LogP contribution < -0.4 is 0 Å². The Morgan fingerprint density at radius 2 is 2.10 bits per heavy atom. The van der Waals surface area contributed by atoms with Crippen LogP contribution in [0.1, 0.15) is 62.1 Å². The van der Waals surface area contributed by atoms with Gasteiger partial charge in [-0.25, -0.2) is 0 Å². The third-order valence-electron chi connectivity index (χ3n) is 5.76. The van der Waals surface area contributed by atoms with Crippen LogP contribution in [0.5, 0.6) is 0 Å². The lowest BCUT2D eigenvalue weighted by atomic mass is 9.62. The molecule has 0 radical (unpaired) electrons. The van der Waals surface area contributed by atoms with Crippen LogP contribution in [-0.4, -0.2) is 5.78 Å². The van der Waals surface area contributed by atoms with E-state index in [-0.39, 0.29) is 5.41 Å². The van der Waals surface area contributed by atoms with Crippen molar-refractivity contribution >= 4 is 5.78 Å². The normalized spacial score (nSPS) is 31.1. The Bertz CT molecular complexity index is 623. The van der Waals surface area contributed by atoms with Gasteiger partial charge in [-0.05, 0) is 47.8 Å². The van der Waals surface area contributed by atoms with E-state index in [1.807, 2.05) is 0 Å². The number of ketones is 1. The van der Waals surface area contributed by atoms with Gasteiger partial charge in [-0.1, -0.05) is 43.7 Å². The molecule has 3 aliphatic rings. The fraction of sp³-hybridized carbons (Fsp3) is 0.526. The Morgan fingerprint density at radius 1 is 1.25 bits per heavy atom. The summed E-state index contributed by atoms with van der Waals surface area (Å²) in [5.74, 6) is 1.67. The fourth-order valence-corrected chi connectivity index (χ4v) is 4.76. The Labute approximate surface area is 121 Å². The molecule has 0 amide bonds. The molecule has 1 fully saturated rings. The van der Waals surface area contributed by atoms with Gasteiger partial charge in [-0.15, -0.1) is 0 Å². The van der Waals surface area contributed by atoms with E-state index in [0.717, 1.165) is 12.8 Å². The summed E-state index contributed by atoms with van der Waals surface area (Å²) in [6.07, 6.45) is 7.41. The molecule has 1 heteroatoms. The second kappa shape index (κ2) is 4.07. The van der Waals surface area contributed by atoms with Crippen molar-refractivity contribution in [3.8, 4) is 0 Å². The first-order valence-corrected chi connectivity index (χ1v) is 7.91. The predicted octanol–water partition coefficient (Wildman–Crippen LogP) is 4.30. The summed E-state index contributed by atoms with van der Waals surface area (Å²) in [6.45, 7) is 4.45. The summed E-state index contributed by atoms with van der Waals surface area (Å²) in [5, 5.41) is 0. The smallest absolute Gasteiger partial charge is 0.138 e. The lowest BCUT2D eigenvalue weighted by molar-refractivity contribution is -0.120. The Kier molecular flexibility index (Phi) is 2.52. The quantitative estimate of drug-likeness (QED) is 0.692. The van der Waals surface area contributed by atoms with Gasteiger partial charge in [0.2, 0.25) is 0 Å². The van der Waals surface area contributed by atoms with Crippen molar-refractivity contribution in [3.05, 3.63) is 46.5 Å². The molecule has 4 rings (SSSR count). The molecule has 0 aromatic heterocycles. The van der Waals surface area contributed by atoms with Crippen LogP contribution in [0, 0.1) is 5.92 Å². The van der Waals surface area contributed by atoms with Crippen molar-refractivity contribution in [2.75, 3.05) is 0 Å². The van der Waals surface area contributed by atoms with Gasteiger partial charge in [0.25, 0.3) is 0 Å². The summed E-state index contributed by atoms with van der Waals surface area (Å²) < 4.78 is 0. The summed E-state index contributed by atoms with van der Waals surface area (Å²) in [5.41, 5.74) is 5.94. The number of benzene rings is 1. The number of carbonyl (C=O) groups is 1. The molecular formula is C19H22O. The van der Waals surface area contributed by atoms with E-state index in [4.69, 9.17) is 0 Å². The molecule has 0 saturated heterocycles. The second-order valence-electron chi connectivity index (χ2n) is 7.30. The van der Waals surface area contributed by atoms with Crippen molar-refractivity contribution in [3.63, 3.8) is 0 Å². The first-order valence-electron chi connectivity index (χ1n) is 7.91. The molecule has 1 saturated carbocycles. The molecule has 1 aromatic rings. The van der Waals surface area contributed by atoms with Crippen LogP contribution in [0.25, 0.3) is 0 Å². The Balaban J connectivity index is 1.86. The fourth-order valence-electron chi connectivity index (χ4n) is 4.76. The van der Waals surface area contributed by atoms with Crippen LogP contribution >= 0.6 is 0 Å². The molecule has 3 aliphatic carbocycles. The van der Waals surface area contributed by atoms with Crippen molar-refractivity contribution < 1.29 is 4.79 Å². The highest BCUT2D eigenvalue weighted by Gasteiger charge is 2.51. The average molecular weight is 266 g/mol. The second-order valence-corrected chi connectivity index (χ2v) is 7.30. The van der Waals surface area contributed by atoms with Crippen LogP contribution in [0.3, 0.4) is 0 Å². The van der Waals surface area contributed by atoms with Gasteiger partial charge in [0.05, 0.1) is 0 Å². The van der Waals surface area contributed by atoms with E-state index in [1.54, 1.807) is 5.57 Å². The van der Waals surface area contributed by atoms with E-state index in [0.29, 0.717) is 24.0 Å². The molecule has 2 atom stereocenters. The monoisotopic (exact) mass is 266 g/mol. The summed E-state index contributed by atoms with van der Waals surface area (Å²) in [4.78, 5) is 12.3.